The number of cyclic esters (lactones) is 1. The Hall–Kier alpha value is -0.653. The number of hydrogen-bond donors (Lipinski definition) is 1. The first-order chi connectivity index (χ1) is 10.8. The summed E-state index contributed by atoms with van der Waals surface area (Å²) < 4.78 is 12.2. The van der Waals surface area contributed by atoms with Crippen molar-refractivity contribution in [3.63, 3.8) is 0 Å². The molecule has 0 aromatic heterocycles. The van der Waals surface area contributed by atoms with Crippen LogP contribution in [-0.2, 0) is 14.0 Å². The number of hydrogen-bond acceptors (Lipinski definition) is 4. The first kappa shape index (κ1) is 21.4. The third-order valence-corrected chi connectivity index (χ3v) is 9.95. The Labute approximate surface area is 148 Å². The maximum atomic E-state index is 12.3. The van der Waals surface area contributed by atoms with Crippen LogP contribution in [0.1, 0.15) is 54.9 Å². The summed E-state index contributed by atoms with van der Waals surface area (Å²) in [6.45, 7) is 18.9. The van der Waals surface area contributed by atoms with Crippen molar-refractivity contribution in [2.75, 3.05) is 0 Å². The van der Waals surface area contributed by atoms with E-state index in [9.17, 15) is 9.90 Å². The van der Waals surface area contributed by atoms with E-state index in [2.05, 4.69) is 40.8 Å². The summed E-state index contributed by atoms with van der Waals surface area (Å²) in [4.78, 5) is 12.3. The van der Waals surface area contributed by atoms with E-state index in [1.165, 1.54) is 0 Å². The normalized spacial score (nSPS) is 29.8. The first-order valence-electron chi connectivity index (χ1n) is 8.97. The third kappa shape index (κ3) is 5.17. The lowest BCUT2D eigenvalue weighted by atomic mass is 9.84. The van der Waals surface area contributed by atoms with Gasteiger partial charge < -0.3 is 14.3 Å². The van der Waals surface area contributed by atoms with Gasteiger partial charge >= 0.3 is 5.97 Å². The Morgan fingerprint density at radius 1 is 1.33 bits per heavy atom. The van der Waals surface area contributed by atoms with Gasteiger partial charge in [0.1, 0.15) is 6.10 Å². The second kappa shape index (κ2) is 7.71. The average molecular weight is 357 g/mol. The molecular weight excluding hydrogens is 320 g/mol. The molecule has 0 bridgehead atoms. The molecule has 0 unspecified atom stereocenters. The second-order valence-electron chi connectivity index (χ2n) is 9.01. The van der Waals surface area contributed by atoms with E-state index in [1.807, 2.05) is 26.8 Å². The summed E-state index contributed by atoms with van der Waals surface area (Å²) in [5.41, 5.74) is 1.06. The number of allylic oxidation sites excluding steroid dienone is 1. The molecule has 0 aromatic rings. The minimum atomic E-state index is -1.98. The average Bonchev–Trinajstić information content (AvgIpc) is 2.38. The Kier molecular flexibility index (Phi) is 6.87. The highest BCUT2D eigenvalue weighted by molar-refractivity contribution is 6.74. The Bertz CT molecular complexity index is 474. The van der Waals surface area contributed by atoms with Gasteiger partial charge in [-0.15, -0.1) is 0 Å². The maximum absolute atomic E-state index is 12.3. The molecule has 1 N–H and O–H groups in total. The van der Waals surface area contributed by atoms with E-state index in [0.29, 0.717) is 6.42 Å². The highest BCUT2D eigenvalue weighted by atomic mass is 28.4. The SMILES string of the molecule is CC(C)=C[C@@H](O)C[C@@H]1OC(=O)[C@H](C)[C@@H](O[Si](C)(C)C(C)(C)C)[C@H]1C. The van der Waals surface area contributed by atoms with Crippen LogP contribution < -0.4 is 0 Å². The second-order valence-corrected chi connectivity index (χ2v) is 13.8. The number of aliphatic hydroxyl groups is 1. The summed E-state index contributed by atoms with van der Waals surface area (Å²) in [7, 11) is -1.98. The lowest BCUT2D eigenvalue weighted by molar-refractivity contribution is -0.177. The molecule has 1 fully saturated rings. The van der Waals surface area contributed by atoms with Gasteiger partial charge in [-0.25, -0.2) is 0 Å². The van der Waals surface area contributed by atoms with Crippen molar-refractivity contribution in [1.82, 2.24) is 0 Å². The van der Waals surface area contributed by atoms with Crippen LogP contribution >= 0.6 is 0 Å². The lowest BCUT2D eigenvalue weighted by Crippen LogP contribution is -2.54. The molecule has 0 radical (unpaired) electrons. The molecule has 0 saturated carbocycles. The third-order valence-electron chi connectivity index (χ3n) is 5.47. The highest BCUT2D eigenvalue weighted by Gasteiger charge is 2.47. The van der Waals surface area contributed by atoms with E-state index in [4.69, 9.17) is 9.16 Å². The number of aliphatic hydroxyl groups excluding tert-OH is 1. The number of ether oxygens (including phenoxy) is 1. The van der Waals surface area contributed by atoms with Gasteiger partial charge in [-0.3, -0.25) is 4.79 Å². The largest absolute Gasteiger partial charge is 0.462 e. The molecule has 0 aliphatic carbocycles. The smallest absolute Gasteiger partial charge is 0.311 e. The van der Waals surface area contributed by atoms with E-state index in [-0.39, 0.29) is 35.1 Å². The molecule has 0 spiro atoms. The van der Waals surface area contributed by atoms with Crippen LogP contribution in [0.25, 0.3) is 0 Å². The van der Waals surface area contributed by atoms with Crippen molar-refractivity contribution in [2.45, 2.75) is 91.3 Å². The van der Waals surface area contributed by atoms with Crippen molar-refractivity contribution in [3.8, 4) is 0 Å². The van der Waals surface area contributed by atoms with Gasteiger partial charge in [0.25, 0.3) is 0 Å². The lowest BCUT2D eigenvalue weighted by Gasteiger charge is -2.46. The topological polar surface area (TPSA) is 55.8 Å². The highest BCUT2D eigenvalue weighted by Crippen LogP contribution is 2.41. The molecule has 24 heavy (non-hydrogen) atoms. The molecule has 1 aliphatic rings. The molecule has 140 valence electrons. The molecule has 1 aliphatic heterocycles. The fourth-order valence-corrected chi connectivity index (χ4v) is 4.30. The molecule has 1 rings (SSSR count). The standard InChI is InChI=1S/C19H36O4Si/c1-12(2)10-15(20)11-16-13(3)17(14(4)18(21)22-16)23-24(8,9)19(5,6)7/h10,13-17,20H,11H2,1-9H3/t13-,14+,15+,16-,17-/m0/s1. The molecule has 5 heteroatoms. The van der Waals surface area contributed by atoms with Gasteiger partial charge in [0.2, 0.25) is 0 Å². The summed E-state index contributed by atoms with van der Waals surface area (Å²) in [6, 6.07) is 0. The van der Waals surface area contributed by atoms with E-state index in [1.54, 1.807) is 0 Å². The van der Waals surface area contributed by atoms with Gasteiger partial charge in [0, 0.05) is 12.3 Å². The Morgan fingerprint density at radius 3 is 2.33 bits per heavy atom. The van der Waals surface area contributed by atoms with E-state index < -0.39 is 14.4 Å². The van der Waals surface area contributed by atoms with Gasteiger partial charge in [-0.2, -0.15) is 0 Å². The Balaban J connectivity index is 2.95. The Morgan fingerprint density at radius 2 is 1.88 bits per heavy atom. The molecule has 4 nitrogen and oxygen atoms in total. The number of carbonyl (C=O) groups is 1. The van der Waals surface area contributed by atoms with Crippen LogP contribution in [0.15, 0.2) is 11.6 Å². The summed E-state index contributed by atoms with van der Waals surface area (Å²) in [5, 5.41) is 10.3. The van der Waals surface area contributed by atoms with Crippen molar-refractivity contribution < 1.29 is 19.1 Å². The number of esters is 1. The fraction of sp³-hybridized carbons (Fsp3) is 0.842. The predicted octanol–water partition coefficient (Wildman–Crippen LogP) is 4.29. The van der Waals surface area contributed by atoms with Crippen LogP contribution in [-0.4, -0.2) is 37.7 Å². The molecule has 0 aromatic carbocycles. The monoisotopic (exact) mass is 356 g/mol. The molecule has 5 atom stereocenters. The van der Waals surface area contributed by atoms with Crippen LogP contribution in [0.3, 0.4) is 0 Å². The van der Waals surface area contributed by atoms with Gasteiger partial charge in [0.15, 0.2) is 8.32 Å². The van der Waals surface area contributed by atoms with Gasteiger partial charge in [-0.05, 0) is 38.9 Å². The number of rotatable bonds is 5. The zero-order valence-corrected chi connectivity index (χ0v) is 17.8. The zero-order chi connectivity index (χ0) is 18.9. The zero-order valence-electron chi connectivity index (χ0n) is 16.8. The van der Waals surface area contributed by atoms with Crippen LogP contribution in [0.5, 0.6) is 0 Å². The van der Waals surface area contributed by atoms with Crippen molar-refractivity contribution in [1.29, 1.82) is 0 Å². The number of carbonyl (C=O) groups excluding carboxylic acids is 1. The van der Waals surface area contributed by atoms with Crippen molar-refractivity contribution in [3.05, 3.63) is 11.6 Å². The maximum Gasteiger partial charge on any atom is 0.311 e. The minimum Gasteiger partial charge on any atom is -0.462 e. The predicted molar refractivity (Wildman–Crippen MR) is 100 cm³/mol. The van der Waals surface area contributed by atoms with Crippen LogP contribution in [0, 0.1) is 11.8 Å². The summed E-state index contributed by atoms with van der Waals surface area (Å²) in [6.07, 6.45) is 1.16. The quantitative estimate of drug-likeness (QED) is 0.453. The molecule has 1 saturated heterocycles. The summed E-state index contributed by atoms with van der Waals surface area (Å²) in [5.74, 6) is -0.427. The van der Waals surface area contributed by atoms with Crippen LogP contribution in [0.2, 0.25) is 18.1 Å². The minimum absolute atomic E-state index is 0.0621. The molecular formula is C19H36O4Si. The van der Waals surface area contributed by atoms with E-state index >= 15 is 0 Å². The molecule has 0 amide bonds. The van der Waals surface area contributed by atoms with Gasteiger partial charge in [0.05, 0.1) is 18.1 Å². The van der Waals surface area contributed by atoms with Crippen molar-refractivity contribution >= 4 is 14.3 Å². The summed E-state index contributed by atoms with van der Waals surface area (Å²) >= 11 is 0. The van der Waals surface area contributed by atoms with Crippen molar-refractivity contribution in [2.24, 2.45) is 11.8 Å². The van der Waals surface area contributed by atoms with Gasteiger partial charge in [-0.1, -0.05) is 39.3 Å². The van der Waals surface area contributed by atoms with E-state index in [0.717, 1.165) is 5.57 Å². The first-order valence-corrected chi connectivity index (χ1v) is 11.9. The molecule has 1 heterocycles. The fourth-order valence-electron chi connectivity index (χ4n) is 2.84. The van der Waals surface area contributed by atoms with Crippen LogP contribution in [0.4, 0.5) is 0 Å².